The van der Waals surface area contributed by atoms with Crippen LogP contribution in [0.25, 0.3) is 0 Å². The fourth-order valence-corrected chi connectivity index (χ4v) is 3.02. The molecule has 0 aliphatic carbocycles. The second kappa shape index (κ2) is 6.15. The van der Waals surface area contributed by atoms with E-state index >= 15 is 0 Å². The number of para-hydroxylation sites is 1. The van der Waals surface area contributed by atoms with Crippen LogP contribution in [0.1, 0.15) is 18.9 Å². The molecule has 1 aromatic rings. The highest BCUT2D eigenvalue weighted by Gasteiger charge is 2.45. The zero-order valence-corrected chi connectivity index (χ0v) is 12.2. The maximum absolute atomic E-state index is 11.7. The van der Waals surface area contributed by atoms with Crippen LogP contribution in [-0.2, 0) is 19.8 Å². The number of hydrogen-bond acceptors (Lipinski definition) is 4. The third-order valence-corrected chi connectivity index (χ3v) is 4.03. The summed E-state index contributed by atoms with van der Waals surface area (Å²) in [4.78, 5) is 31.8. The fraction of sp³-hybridized carbons (Fsp3) is 0.400. The summed E-state index contributed by atoms with van der Waals surface area (Å²) in [5.41, 5.74) is 2.62. The quantitative estimate of drug-likeness (QED) is 0.600. The van der Waals surface area contributed by atoms with E-state index in [1.54, 1.807) is 6.92 Å². The standard InChI is InChI=1S/C13H16N2O.C2H2O4/c1-10(16)15-9-13(6-7-14-8-13)11-4-2-3-5-12(11)15;3-1(4)2(5)6/h2-5,14H,6-9H2,1H3;(H,3,4)(H,5,6). The van der Waals surface area contributed by atoms with Crippen molar-refractivity contribution in [2.75, 3.05) is 24.5 Å². The molecule has 3 rings (SSSR count). The Morgan fingerprint density at radius 1 is 1.18 bits per heavy atom. The zero-order chi connectivity index (χ0) is 16.3. The van der Waals surface area contributed by atoms with E-state index in [1.807, 2.05) is 11.0 Å². The summed E-state index contributed by atoms with van der Waals surface area (Å²) in [5, 5.41) is 18.2. The largest absolute Gasteiger partial charge is 0.473 e. The molecule has 1 aromatic carbocycles. The van der Waals surface area contributed by atoms with Crippen molar-refractivity contribution in [3.63, 3.8) is 0 Å². The first-order chi connectivity index (χ1) is 10.4. The molecule has 0 aromatic heterocycles. The van der Waals surface area contributed by atoms with E-state index in [-0.39, 0.29) is 11.3 Å². The van der Waals surface area contributed by atoms with Gasteiger partial charge >= 0.3 is 11.9 Å². The number of carbonyl (C=O) groups excluding carboxylic acids is 1. The molecule has 2 aliphatic heterocycles. The number of hydrogen-bond donors (Lipinski definition) is 3. The lowest BCUT2D eigenvalue weighted by molar-refractivity contribution is -0.159. The van der Waals surface area contributed by atoms with Gasteiger partial charge in [-0.25, -0.2) is 9.59 Å². The van der Waals surface area contributed by atoms with E-state index in [4.69, 9.17) is 19.8 Å². The van der Waals surface area contributed by atoms with Crippen LogP contribution in [0.2, 0.25) is 0 Å². The number of carboxylic acid groups (broad SMARTS) is 2. The monoisotopic (exact) mass is 306 g/mol. The average molecular weight is 306 g/mol. The third-order valence-electron chi connectivity index (χ3n) is 4.03. The normalized spacial score (nSPS) is 22.0. The van der Waals surface area contributed by atoms with E-state index in [2.05, 4.69) is 23.5 Å². The van der Waals surface area contributed by atoms with Gasteiger partial charge in [0.25, 0.3) is 0 Å². The van der Waals surface area contributed by atoms with E-state index in [0.717, 1.165) is 31.7 Å². The minimum absolute atomic E-state index is 0.149. The van der Waals surface area contributed by atoms with E-state index < -0.39 is 11.9 Å². The van der Waals surface area contributed by atoms with Crippen LogP contribution in [0.5, 0.6) is 0 Å². The summed E-state index contributed by atoms with van der Waals surface area (Å²) >= 11 is 0. The summed E-state index contributed by atoms with van der Waals surface area (Å²) < 4.78 is 0. The maximum atomic E-state index is 11.7. The van der Waals surface area contributed by atoms with Crippen LogP contribution in [0, 0.1) is 0 Å². The molecular formula is C15H18N2O5. The van der Waals surface area contributed by atoms with E-state index in [1.165, 1.54) is 5.56 Å². The Labute approximate surface area is 127 Å². The van der Waals surface area contributed by atoms with Crippen molar-refractivity contribution >= 4 is 23.5 Å². The van der Waals surface area contributed by atoms with Gasteiger partial charge in [-0.3, -0.25) is 4.79 Å². The Morgan fingerprint density at radius 3 is 2.32 bits per heavy atom. The number of benzene rings is 1. The Bertz CT molecular complexity index is 596. The molecule has 1 unspecified atom stereocenters. The summed E-state index contributed by atoms with van der Waals surface area (Å²) in [5.74, 6) is -3.50. The first kappa shape index (κ1) is 16.0. The van der Waals surface area contributed by atoms with Crippen molar-refractivity contribution < 1.29 is 24.6 Å². The second-order valence-corrected chi connectivity index (χ2v) is 5.44. The highest BCUT2D eigenvalue weighted by Crippen LogP contribution is 2.44. The lowest BCUT2D eigenvalue weighted by atomic mass is 9.82. The average Bonchev–Trinajstić information content (AvgIpc) is 3.07. The van der Waals surface area contributed by atoms with Gasteiger partial charge in [0, 0.05) is 31.1 Å². The zero-order valence-electron chi connectivity index (χ0n) is 12.2. The van der Waals surface area contributed by atoms with Crippen molar-refractivity contribution in [2.45, 2.75) is 18.8 Å². The number of carbonyl (C=O) groups is 3. The molecule has 1 atom stereocenters. The van der Waals surface area contributed by atoms with Crippen LogP contribution < -0.4 is 10.2 Å². The van der Waals surface area contributed by atoms with Gasteiger partial charge in [-0.15, -0.1) is 0 Å². The number of aliphatic carboxylic acids is 2. The van der Waals surface area contributed by atoms with Gasteiger partial charge < -0.3 is 20.4 Å². The minimum Gasteiger partial charge on any atom is -0.473 e. The molecule has 2 aliphatic rings. The molecule has 1 amide bonds. The van der Waals surface area contributed by atoms with Crippen LogP contribution in [0.15, 0.2) is 24.3 Å². The number of anilines is 1. The van der Waals surface area contributed by atoms with Crippen molar-refractivity contribution in [3.05, 3.63) is 29.8 Å². The molecule has 0 radical (unpaired) electrons. The predicted molar refractivity (Wildman–Crippen MR) is 78.9 cm³/mol. The van der Waals surface area contributed by atoms with Gasteiger partial charge in [-0.2, -0.15) is 0 Å². The van der Waals surface area contributed by atoms with Gasteiger partial charge in [0.1, 0.15) is 0 Å². The van der Waals surface area contributed by atoms with Crippen molar-refractivity contribution in [1.82, 2.24) is 5.32 Å². The van der Waals surface area contributed by atoms with Crippen LogP contribution in [-0.4, -0.2) is 47.7 Å². The molecule has 1 spiro atoms. The summed E-state index contributed by atoms with van der Waals surface area (Å²) in [7, 11) is 0. The molecule has 1 saturated heterocycles. The number of carboxylic acids is 2. The topological polar surface area (TPSA) is 107 Å². The molecule has 3 N–H and O–H groups in total. The Kier molecular flexibility index (Phi) is 4.46. The van der Waals surface area contributed by atoms with E-state index in [9.17, 15) is 4.79 Å². The molecular weight excluding hydrogens is 288 g/mol. The van der Waals surface area contributed by atoms with Gasteiger partial charge in [-0.1, -0.05) is 18.2 Å². The van der Waals surface area contributed by atoms with Crippen molar-refractivity contribution in [3.8, 4) is 0 Å². The molecule has 2 heterocycles. The fourth-order valence-electron chi connectivity index (χ4n) is 3.02. The van der Waals surface area contributed by atoms with Crippen molar-refractivity contribution in [1.29, 1.82) is 0 Å². The minimum atomic E-state index is -1.82. The molecule has 7 nitrogen and oxygen atoms in total. The van der Waals surface area contributed by atoms with Gasteiger partial charge in [0.2, 0.25) is 5.91 Å². The SMILES string of the molecule is CC(=O)N1CC2(CCNC2)c2ccccc21.O=C(O)C(=O)O. The first-order valence-corrected chi connectivity index (χ1v) is 6.92. The lowest BCUT2D eigenvalue weighted by Crippen LogP contribution is -2.37. The number of amides is 1. The number of rotatable bonds is 0. The van der Waals surface area contributed by atoms with E-state index in [0.29, 0.717) is 0 Å². The van der Waals surface area contributed by atoms with Gasteiger partial charge in [0.15, 0.2) is 0 Å². The highest BCUT2D eigenvalue weighted by atomic mass is 16.4. The van der Waals surface area contributed by atoms with Crippen LogP contribution in [0.3, 0.4) is 0 Å². The number of fused-ring (bicyclic) bond motifs is 2. The summed E-state index contributed by atoms with van der Waals surface area (Å²) in [6.45, 7) is 4.54. The first-order valence-electron chi connectivity index (χ1n) is 6.92. The van der Waals surface area contributed by atoms with Gasteiger partial charge in [-0.05, 0) is 24.6 Å². The van der Waals surface area contributed by atoms with Crippen LogP contribution >= 0.6 is 0 Å². The summed E-state index contributed by atoms with van der Waals surface area (Å²) in [6, 6.07) is 8.31. The second-order valence-electron chi connectivity index (χ2n) is 5.44. The number of nitrogens with zero attached hydrogens (tertiary/aromatic N) is 1. The van der Waals surface area contributed by atoms with Crippen molar-refractivity contribution in [2.24, 2.45) is 0 Å². The summed E-state index contributed by atoms with van der Waals surface area (Å²) in [6.07, 6.45) is 1.13. The predicted octanol–water partition coefficient (Wildman–Crippen LogP) is 0.440. The molecule has 22 heavy (non-hydrogen) atoms. The molecule has 118 valence electrons. The molecule has 0 bridgehead atoms. The Hall–Kier alpha value is -2.41. The maximum Gasteiger partial charge on any atom is 0.414 e. The smallest absolute Gasteiger partial charge is 0.414 e. The third kappa shape index (κ3) is 2.94. The molecule has 1 fully saturated rings. The van der Waals surface area contributed by atoms with Crippen LogP contribution in [0.4, 0.5) is 5.69 Å². The Morgan fingerprint density at radius 2 is 1.82 bits per heavy atom. The van der Waals surface area contributed by atoms with Gasteiger partial charge in [0.05, 0.1) is 0 Å². The lowest BCUT2D eigenvalue weighted by Gasteiger charge is -2.23. The molecule has 0 saturated carbocycles. The molecule has 7 heteroatoms. The highest BCUT2D eigenvalue weighted by molar-refractivity contribution is 6.27. The Balaban J connectivity index is 0.000000254. The number of nitrogens with one attached hydrogen (secondary N) is 1.